The van der Waals surface area contributed by atoms with E-state index in [9.17, 15) is 9.18 Å². The Labute approximate surface area is 216 Å². The van der Waals surface area contributed by atoms with Crippen molar-refractivity contribution in [2.24, 2.45) is 0 Å². The lowest BCUT2D eigenvalue weighted by Gasteiger charge is -2.33. The summed E-state index contributed by atoms with van der Waals surface area (Å²) in [5, 5.41) is 4.41. The number of rotatable bonds is 8. The first-order valence-electron chi connectivity index (χ1n) is 12.7. The van der Waals surface area contributed by atoms with E-state index in [0.29, 0.717) is 36.0 Å². The minimum atomic E-state index is -0.318. The van der Waals surface area contributed by atoms with E-state index in [-0.39, 0.29) is 24.4 Å². The molecule has 2 saturated heterocycles. The predicted molar refractivity (Wildman–Crippen MR) is 138 cm³/mol. The summed E-state index contributed by atoms with van der Waals surface area (Å²) in [4.78, 5) is 20.1. The Morgan fingerprint density at radius 1 is 1.16 bits per heavy atom. The molecular weight excluding hydrogens is 475 g/mol. The van der Waals surface area contributed by atoms with Gasteiger partial charge in [0.25, 0.3) is 5.91 Å². The van der Waals surface area contributed by atoms with Crippen molar-refractivity contribution >= 4 is 11.8 Å². The van der Waals surface area contributed by atoms with Gasteiger partial charge in [-0.3, -0.25) is 4.79 Å². The summed E-state index contributed by atoms with van der Waals surface area (Å²) >= 11 is 0. The summed E-state index contributed by atoms with van der Waals surface area (Å²) in [5.74, 6) is 0.840. The maximum Gasteiger partial charge on any atom is 0.254 e. The molecule has 0 saturated carbocycles. The number of aromatic nitrogens is 1. The van der Waals surface area contributed by atoms with Crippen LogP contribution in [0.2, 0.25) is 0 Å². The number of likely N-dealkylation sites (N-methyl/N-ethyl adjacent to an activating group) is 1. The summed E-state index contributed by atoms with van der Waals surface area (Å²) in [5.41, 5.74) is 2.71. The van der Waals surface area contributed by atoms with Crippen molar-refractivity contribution in [1.29, 1.82) is 0 Å². The highest BCUT2D eigenvalue weighted by molar-refractivity contribution is 5.94. The smallest absolute Gasteiger partial charge is 0.254 e. The molecule has 0 bridgehead atoms. The van der Waals surface area contributed by atoms with Crippen LogP contribution >= 0.6 is 0 Å². The fourth-order valence-electron chi connectivity index (χ4n) is 4.92. The van der Waals surface area contributed by atoms with Crippen molar-refractivity contribution < 1.29 is 23.2 Å². The fraction of sp³-hybridized carbons (Fsp3) is 0.429. The zero-order valence-corrected chi connectivity index (χ0v) is 21.4. The minimum absolute atomic E-state index is 0.0317. The van der Waals surface area contributed by atoms with Gasteiger partial charge in [-0.15, -0.1) is 0 Å². The van der Waals surface area contributed by atoms with Crippen LogP contribution in [0.1, 0.15) is 28.8 Å². The van der Waals surface area contributed by atoms with Gasteiger partial charge >= 0.3 is 0 Å². The van der Waals surface area contributed by atoms with Gasteiger partial charge in [0.05, 0.1) is 25.3 Å². The largest absolute Gasteiger partial charge is 0.497 e. The molecule has 8 nitrogen and oxygen atoms in total. The number of carbonyl (C=O) groups is 1. The number of hydrogen-bond donors (Lipinski definition) is 0. The summed E-state index contributed by atoms with van der Waals surface area (Å²) in [6.07, 6.45) is 1.85. The molecule has 0 N–H and O–H groups in total. The molecule has 9 heteroatoms. The molecule has 1 aromatic heterocycles. The Hall–Kier alpha value is -3.43. The lowest BCUT2D eigenvalue weighted by Crippen LogP contribution is -2.45. The van der Waals surface area contributed by atoms with Crippen molar-refractivity contribution in [2.75, 3.05) is 58.4 Å². The van der Waals surface area contributed by atoms with Crippen molar-refractivity contribution in [1.82, 2.24) is 15.0 Å². The highest BCUT2D eigenvalue weighted by atomic mass is 19.1. The summed E-state index contributed by atoms with van der Waals surface area (Å²) in [6, 6.07) is 13.4. The molecule has 0 radical (unpaired) electrons. The molecule has 1 atom stereocenters. The second-order valence-corrected chi connectivity index (χ2v) is 9.66. The lowest BCUT2D eigenvalue weighted by molar-refractivity contribution is 0.0507. The maximum atomic E-state index is 13.8. The normalized spacial score (nSPS) is 18.2. The quantitative estimate of drug-likeness (QED) is 0.454. The Kier molecular flexibility index (Phi) is 7.71. The molecule has 2 aliphatic heterocycles. The van der Waals surface area contributed by atoms with E-state index in [0.717, 1.165) is 50.1 Å². The molecule has 0 spiro atoms. The van der Waals surface area contributed by atoms with Gasteiger partial charge in [-0.05, 0) is 62.4 Å². The first kappa shape index (κ1) is 25.2. The van der Waals surface area contributed by atoms with E-state index < -0.39 is 0 Å². The molecule has 2 aliphatic rings. The zero-order valence-electron chi connectivity index (χ0n) is 21.4. The molecule has 2 aromatic carbocycles. The van der Waals surface area contributed by atoms with Gasteiger partial charge in [0.15, 0.2) is 0 Å². The van der Waals surface area contributed by atoms with E-state index in [1.165, 1.54) is 12.1 Å². The molecule has 3 heterocycles. The van der Waals surface area contributed by atoms with Crippen molar-refractivity contribution in [3.63, 3.8) is 0 Å². The van der Waals surface area contributed by atoms with Gasteiger partial charge in [0.2, 0.25) is 5.88 Å². The van der Waals surface area contributed by atoms with E-state index in [1.54, 1.807) is 31.4 Å². The number of hydrogen-bond acceptors (Lipinski definition) is 7. The second kappa shape index (κ2) is 11.3. The third kappa shape index (κ3) is 5.78. The third-order valence-corrected chi connectivity index (χ3v) is 7.08. The SMILES string of the molecule is COc1cccc(C(=O)N(Cc2c(-c3ccc(F)cc3)noc2N2CCN(C)CC2)C[C@H]2CCCO2)c1. The van der Waals surface area contributed by atoms with E-state index in [2.05, 4.69) is 22.0 Å². The highest BCUT2D eigenvalue weighted by Gasteiger charge is 2.30. The topological polar surface area (TPSA) is 71.3 Å². The standard InChI is InChI=1S/C28H33FN4O4/c1-31-12-14-32(15-13-31)28-25(26(30-37-28)20-8-10-22(29)11-9-20)19-33(18-24-7-4-16-36-24)27(34)21-5-3-6-23(17-21)35-2/h3,5-6,8-11,17,24H,4,7,12-16,18-19H2,1-2H3/t24-/m1/s1. The fourth-order valence-corrected chi connectivity index (χ4v) is 4.92. The van der Waals surface area contributed by atoms with Crippen molar-refractivity contribution in [2.45, 2.75) is 25.5 Å². The van der Waals surface area contributed by atoms with Gasteiger partial charge < -0.3 is 28.7 Å². The number of benzene rings is 2. The molecule has 2 fully saturated rings. The number of amides is 1. The van der Waals surface area contributed by atoms with Gasteiger partial charge in [0.1, 0.15) is 17.3 Å². The predicted octanol–water partition coefficient (Wildman–Crippen LogP) is 4.06. The average Bonchev–Trinajstić information content (AvgIpc) is 3.59. The molecule has 3 aromatic rings. The average molecular weight is 509 g/mol. The number of nitrogens with zero attached hydrogens (tertiary/aromatic N) is 4. The van der Waals surface area contributed by atoms with E-state index in [1.807, 2.05) is 17.0 Å². The lowest BCUT2D eigenvalue weighted by atomic mass is 10.1. The first-order valence-corrected chi connectivity index (χ1v) is 12.7. The monoisotopic (exact) mass is 508 g/mol. The van der Waals surface area contributed by atoms with Crippen LogP contribution < -0.4 is 9.64 Å². The van der Waals surface area contributed by atoms with Crippen LogP contribution in [0.4, 0.5) is 10.3 Å². The number of piperazine rings is 1. The Morgan fingerprint density at radius 3 is 2.65 bits per heavy atom. The second-order valence-electron chi connectivity index (χ2n) is 9.66. The molecule has 0 unspecified atom stereocenters. The third-order valence-electron chi connectivity index (χ3n) is 7.08. The summed E-state index contributed by atoms with van der Waals surface area (Å²) < 4.78 is 30.9. The van der Waals surface area contributed by atoms with Gasteiger partial charge in [-0.2, -0.15) is 0 Å². The number of methoxy groups -OCH3 is 1. The Balaban J connectivity index is 1.52. The van der Waals surface area contributed by atoms with Crippen LogP contribution in [-0.2, 0) is 11.3 Å². The summed E-state index contributed by atoms with van der Waals surface area (Å²) in [6.45, 7) is 4.81. The van der Waals surface area contributed by atoms with Crippen LogP contribution in [0.3, 0.4) is 0 Å². The maximum absolute atomic E-state index is 13.8. The van der Waals surface area contributed by atoms with Crippen LogP contribution in [0.5, 0.6) is 5.75 Å². The molecule has 0 aliphatic carbocycles. The van der Waals surface area contributed by atoms with Crippen molar-refractivity contribution in [3.8, 4) is 17.0 Å². The van der Waals surface area contributed by atoms with E-state index >= 15 is 0 Å². The van der Waals surface area contributed by atoms with Crippen LogP contribution in [0, 0.1) is 5.82 Å². The minimum Gasteiger partial charge on any atom is -0.497 e. The molecular formula is C28H33FN4O4. The highest BCUT2D eigenvalue weighted by Crippen LogP contribution is 2.34. The summed E-state index contributed by atoms with van der Waals surface area (Å²) in [7, 11) is 3.68. The Bertz CT molecular complexity index is 1200. The molecule has 5 rings (SSSR count). The van der Waals surface area contributed by atoms with Crippen LogP contribution in [0.25, 0.3) is 11.3 Å². The van der Waals surface area contributed by atoms with Crippen LogP contribution in [0.15, 0.2) is 53.1 Å². The number of halogens is 1. The zero-order chi connectivity index (χ0) is 25.8. The van der Waals surface area contributed by atoms with Crippen LogP contribution in [-0.4, -0.2) is 80.5 Å². The first-order chi connectivity index (χ1) is 18.0. The van der Waals surface area contributed by atoms with Gasteiger partial charge in [0, 0.05) is 50.5 Å². The number of carbonyl (C=O) groups excluding carboxylic acids is 1. The molecule has 37 heavy (non-hydrogen) atoms. The molecule has 1 amide bonds. The Morgan fingerprint density at radius 2 is 1.95 bits per heavy atom. The van der Waals surface area contributed by atoms with E-state index in [4.69, 9.17) is 14.0 Å². The van der Waals surface area contributed by atoms with Gasteiger partial charge in [-0.25, -0.2) is 4.39 Å². The molecule has 196 valence electrons. The van der Waals surface area contributed by atoms with Crippen molar-refractivity contribution in [3.05, 3.63) is 65.5 Å². The number of ether oxygens (including phenoxy) is 2. The number of anilines is 1. The van der Waals surface area contributed by atoms with Gasteiger partial charge in [-0.1, -0.05) is 11.2 Å².